The fourth-order valence-corrected chi connectivity index (χ4v) is 3.24. The normalized spacial score (nSPS) is 11.8. The van der Waals surface area contributed by atoms with Crippen LogP contribution in [0.15, 0.2) is 48.5 Å². The molecule has 3 nitrogen and oxygen atoms in total. The van der Waals surface area contributed by atoms with Crippen molar-refractivity contribution >= 4 is 11.8 Å². The van der Waals surface area contributed by atoms with Crippen molar-refractivity contribution in [1.82, 2.24) is 0 Å². The maximum atomic E-state index is 12.3. The second-order valence-corrected chi connectivity index (χ2v) is 7.77. The summed E-state index contributed by atoms with van der Waals surface area (Å²) in [7, 11) is 0. The van der Waals surface area contributed by atoms with Gasteiger partial charge in [-0.15, -0.1) is 0 Å². The molecule has 0 heterocycles. The molecule has 2 aromatic rings. The van der Waals surface area contributed by atoms with Crippen LogP contribution in [0.3, 0.4) is 0 Å². The highest BCUT2D eigenvalue weighted by atomic mass is 16.5. The van der Waals surface area contributed by atoms with Gasteiger partial charge in [-0.3, -0.25) is 9.59 Å². The number of unbranched alkanes of at least 4 members (excludes halogenated alkanes) is 5. The van der Waals surface area contributed by atoms with Crippen LogP contribution in [0.4, 0.5) is 0 Å². The van der Waals surface area contributed by atoms with E-state index < -0.39 is 0 Å². The summed E-state index contributed by atoms with van der Waals surface area (Å²) in [5.74, 6) is 0.646. The maximum Gasteiger partial charge on any atom is 0.311 e. The molecule has 0 fully saturated rings. The van der Waals surface area contributed by atoms with E-state index in [0.717, 1.165) is 36.0 Å². The van der Waals surface area contributed by atoms with Crippen LogP contribution in [0, 0.1) is 5.92 Å². The van der Waals surface area contributed by atoms with Gasteiger partial charge in [0.05, 0.1) is 0 Å². The molecule has 2 rings (SSSR count). The minimum atomic E-state index is -0.166. The molecule has 0 radical (unpaired) electrons. The van der Waals surface area contributed by atoms with E-state index in [-0.39, 0.29) is 17.7 Å². The van der Waals surface area contributed by atoms with E-state index in [2.05, 4.69) is 6.92 Å². The Morgan fingerprint density at radius 2 is 1.34 bits per heavy atom. The van der Waals surface area contributed by atoms with Crippen molar-refractivity contribution in [2.75, 3.05) is 0 Å². The third kappa shape index (κ3) is 7.49. The minimum absolute atomic E-state index is 0.0474. The van der Waals surface area contributed by atoms with Crippen molar-refractivity contribution in [2.45, 2.75) is 72.1 Å². The number of benzene rings is 2. The van der Waals surface area contributed by atoms with E-state index in [0.29, 0.717) is 12.2 Å². The lowest BCUT2D eigenvalue weighted by Crippen LogP contribution is -2.09. The van der Waals surface area contributed by atoms with Gasteiger partial charge in [-0.25, -0.2) is 0 Å². The zero-order valence-electron chi connectivity index (χ0n) is 18.1. The number of carbonyl (C=O) groups is 2. The number of hydrogen-bond donors (Lipinski definition) is 0. The molecule has 2 aromatic carbocycles. The topological polar surface area (TPSA) is 43.4 Å². The Hall–Kier alpha value is -2.42. The van der Waals surface area contributed by atoms with Crippen molar-refractivity contribution < 1.29 is 14.3 Å². The van der Waals surface area contributed by atoms with E-state index in [4.69, 9.17) is 4.74 Å². The van der Waals surface area contributed by atoms with Gasteiger partial charge in [0, 0.05) is 17.9 Å². The lowest BCUT2D eigenvalue weighted by molar-refractivity contribution is -0.134. The van der Waals surface area contributed by atoms with Crippen LogP contribution in [-0.2, 0) is 4.79 Å². The summed E-state index contributed by atoms with van der Waals surface area (Å²) in [5.41, 5.74) is 2.82. The van der Waals surface area contributed by atoms with Gasteiger partial charge < -0.3 is 4.74 Å². The van der Waals surface area contributed by atoms with Gasteiger partial charge in [-0.2, -0.15) is 0 Å². The van der Waals surface area contributed by atoms with Crippen molar-refractivity contribution in [3.63, 3.8) is 0 Å². The minimum Gasteiger partial charge on any atom is -0.427 e. The summed E-state index contributed by atoms with van der Waals surface area (Å²) >= 11 is 0. The molecule has 156 valence electrons. The number of ketones is 1. The largest absolute Gasteiger partial charge is 0.427 e. The quantitative estimate of drug-likeness (QED) is 0.165. The Kier molecular flexibility index (Phi) is 9.63. The van der Waals surface area contributed by atoms with Gasteiger partial charge in [0.2, 0.25) is 0 Å². The van der Waals surface area contributed by atoms with Crippen LogP contribution < -0.4 is 4.74 Å². The smallest absolute Gasteiger partial charge is 0.311 e. The summed E-state index contributed by atoms with van der Waals surface area (Å²) in [6.45, 7) is 6.19. The van der Waals surface area contributed by atoms with E-state index in [1.807, 2.05) is 62.4 Å². The first-order valence-electron chi connectivity index (χ1n) is 11.0. The molecular formula is C26H34O3. The summed E-state index contributed by atoms with van der Waals surface area (Å²) in [6.07, 6.45) is 8.24. The zero-order valence-corrected chi connectivity index (χ0v) is 18.1. The van der Waals surface area contributed by atoms with E-state index in [9.17, 15) is 9.59 Å². The summed E-state index contributed by atoms with van der Waals surface area (Å²) in [4.78, 5) is 24.2. The van der Waals surface area contributed by atoms with E-state index >= 15 is 0 Å². The Bertz CT molecular complexity index is 760. The molecule has 29 heavy (non-hydrogen) atoms. The molecule has 1 unspecified atom stereocenters. The second-order valence-electron chi connectivity index (χ2n) is 7.77. The lowest BCUT2D eigenvalue weighted by Gasteiger charge is -2.09. The first-order chi connectivity index (χ1) is 14.0. The van der Waals surface area contributed by atoms with Crippen LogP contribution >= 0.6 is 0 Å². The zero-order chi connectivity index (χ0) is 21.1. The Morgan fingerprint density at radius 3 is 1.93 bits per heavy atom. The standard InChI is InChI=1S/C26H34O3/c1-4-6-7-8-9-10-11-25(27)29-24-18-16-22(17-19-24)21-12-14-23(15-13-21)26(28)20(3)5-2/h12-20H,4-11H2,1-3H3. The van der Waals surface area contributed by atoms with Crippen molar-refractivity contribution in [3.8, 4) is 16.9 Å². The molecule has 0 aliphatic carbocycles. The van der Waals surface area contributed by atoms with Gasteiger partial charge in [0.1, 0.15) is 5.75 Å². The highest BCUT2D eigenvalue weighted by Gasteiger charge is 2.13. The number of rotatable bonds is 12. The van der Waals surface area contributed by atoms with Crippen molar-refractivity contribution in [2.24, 2.45) is 5.92 Å². The van der Waals surface area contributed by atoms with Crippen LogP contribution in [0.1, 0.15) is 82.5 Å². The number of ether oxygens (including phenoxy) is 1. The fourth-order valence-electron chi connectivity index (χ4n) is 3.24. The molecule has 0 saturated heterocycles. The fraction of sp³-hybridized carbons (Fsp3) is 0.462. The molecule has 0 bridgehead atoms. The highest BCUT2D eigenvalue weighted by Crippen LogP contribution is 2.24. The summed E-state index contributed by atoms with van der Waals surface area (Å²) in [6, 6.07) is 15.2. The highest BCUT2D eigenvalue weighted by molar-refractivity contribution is 5.98. The number of esters is 1. The molecule has 0 spiro atoms. The molecule has 0 aromatic heterocycles. The molecule has 0 saturated carbocycles. The van der Waals surface area contributed by atoms with Gasteiger partial charge in [-0.1, -0.05) is 89.3 Å². The average molecular weight is 395 g/mol. The van der Waals surface area contributed by atoms with Crippen LogP contribution in [0.5, 0.6) is 5.75 Å². The molecule has 3 heteroatoms. The number of Topliss-reactive ketones (excluding diaryl/α,β-unsaturated/α-hetero) is 1. The van der Waals surface area contributed by atoms with Gasteiger partial charge in [-0.05, 0) is 36.1 Å². The SMILES string of the molecule is CCCCCCCCC(=O)Oc1ccc(-c2ccc(C(=O)C(C)CC)cc2)cc1. The van der Waals surface area contributed by atoms with Crippen LogP contribution in [-0.4, -0.2) is 11.8 Å². The summed E-state index contributed by atoms with van der Waals surface area (Å²) in [5, 5.41) is 0. The van der Waals surface area contributed by atoms with Gasteiger partial charge in [0.15, 0.2) is 5.78 Å². The molecule has 0 aliphatic heterocycles. The predicted octanol–water partition coefficient (Wildman–Crippen LogP) is 7.24. The summed E-state index contributed by atoms with van der Waals surface area (Å²) < 4.78 is 5.44. The Balaban J connectivity index is 1.85. The van der Waals surface area contributed by atoms with E-state index in [1.165, 1.54) is 25.7 Å². The van der Waals surface area contributed by atoms with Crippen molar-refractivity contribution in [1.29, 1.82) is 0 Å². The van der Waals surface area contributed by atoms with Gasteiger partial charge >= 0.3 is 5.97 Å². The third-order valence-corrected chi connectivity index (χ3v) is 5.38. The molecule has 0 aliphatic rings. The second kappa shape index (κ2) is 12.2. The molecule has 0 N–H and O–H groups in total. The Labute approximate surface area is 175 Å². The number of hydrogen-bond acceptors (Lipinski definition) is 3. The molecule has 1 atom stereocenters. The Morgan fingerprint density at radius 1 is 0.793 bits per heavy atom. The molecular weight excluding hydrogens is 360 g/mol. The predicted molar refractivity (Wildman–Crippen MR) is 119 cm³/mol. The van der Waals surface area contributed by atoms with Crippen molar-refractivity contribution in [3.05, 3.63) is 54.1 Å². The van der Waals surface area contributed by atoms with Gasteiger partial charge in [0.25, 0.3) is 0 Å². The number of carbonyl (C=O) groups excluding carboxylic acids is 2. The third-order valence-electron chi connectivity index (χ3n) is 5.38. The first kappa shape index (κ1) is 22.9. The maximum absolute atomic E-state index is 12.3. The lowest BCUT2D eigenvalue weighted by atomic mass is 9.95. The van der Waals surface area contributed by atoms with Crippen LogP contribution in [0.25, 0.3) is 11.1 Å². The average Bonchev–Trinajstić information content (AvgIpc) is 2.75. The van der Waals surface area contributed by atoms with Crippen LogP contribution in [0.2, 0.25) is 0 Å². The first-order valence-corrected chi connectivity index (χ1v) is 11.0. The van der Waals surface area contributed by atoms with E-state index in [1.54, 1.807) is 0 Å². The molecule has 0 amide bonds. The monoisotopic (exact) mass is 394 g/mol.